The van der Waals surface area contributed by atoms with Crippen LogP contribution in [0.4, 0.5) is 5.69 Å². The number of carbonyl (C=O) groups excluding carboxylic acids is 1. The van der Waals surface area contributed by atoms with Gasteiger partial charge in [0.05, 0.1) is 6.04 Å². The first-order valence-corrected chi connectivity index (χ1v) is 10.2. The third-order valence-corrected chi connectivity index (χ3v) is 5.13. The molecule has 0 aliphatic carbocycles. The Bertz CT molecular complexity index is 1020. The standard InChI is InChI=1S/C24H20IN3O/c1-17-14-21(25)12-13-22(17)28-24(29)20(15-26)16-27-23(18-8-4-2-5-9-18)19-10-6-3-7-11-19/h2-14,16,23,27H,1H3,(H,28,29)/b20-16-. The van der Waals surface area contributed by atoms with Crippen LogP contribution >= 0.6 is 22.6 Å². The van der Waals surface area contributed by atoms with Crippen LogP contribution in [-0.2, 0) is 4.79 Å². The summed E-state index contributed by atoms with van der Waals surface area (Å²) in [5.74, 6) is -0.441. The normalized spacial score (nSPS) is 11.0. The van der Waals surface area contributed by atoms with Crippen molar-refractivity contribution in [2.24, 2.45) is 0 Å². The molecular weight excluding hydrogens is 473 g/mol. The summed E-state index contributed by atoms with van der Waals surface area (Å²) in [5, 5.41) is 15.6. The highest BCUT2D eigenvalue weighted by atomic mass is 127. The van der Waals surface area contributed by atoms with Crippen LogP contribution in [0.1, 0.15) is 22.7 Å². The molecule has 3 aromatic carbocycles. The van der Waals surface area contributed by atoms with Gasteiger partial charge in [0.2, 0.25) is 0 Å². The first-order chi connectivity index (χ1) is 14.1. The second-order valence-corrected chi connectivity index (χ2v) is 7.75. The highest BCUT2D eigenvalue weighted by molar-refractivity contribution is 14.1. The molecule has 0 spiro atoms. The molecule has 3 rings (SSSR count). The monoisotopic (exact) mass is 493 g/mol. The fraction of sp³-hybridized carbons (Fsp3) is 0.0833. The van der Waals surface area contributed by atoms with Crippen LogP contribution in [0.15, 0.2) is 90.6 Å². The highest BCUT2D eigenvalue weighted by Gasteiger charge is 2.15. The third kappa shape index (κ3) is 5.46. The number of hydrogen-bond donors (Lipinski definition) is 2. The zero-order valence-electron chi connectivity index (χ0n) is 15.9. The molecule has 0 aliphatic rings. The summed E-state index contributed by atoms with van der Waals surface area (Å²) in [6, 6.07) is 27.4. The average Bonchev–Trinajstić information content (AvgIpc) is 2.74. The van der Waals surface area contributed by atoms with Crippen molar-refractivity contribution in [2.75, 3.05) is 5.32 Å². The number of hydrogen-bond acceptors (Lipinski definition) is 3. The summed E-state index contributed by atoms with van der Waals surface area (Å²) in [4.78, 5) is 12.6. The Balaban J connectivity index is 1.83. The lowest BCUT2D eigenvalue weighted by Crippen LogP contribution is -2.21. The van der Waals surface area contributed by atoms with E-state index in [1.54, 1.807) is 0 Å². The fourth-order valence-corrected chi connectivity index (χ4v) is 3.60. The molecule has 29 heavy (non-hydrogen) atoms. The lowest BCUT2D eigenvalue weighted by Gasteiger charge is -2.19. The van der Waals surface area contributed by atoms with E-state index in [1.165, 1.54) is 6.20 Å². The van der Waals surface area contributed by atoms with E-state index in [-0.39, 0.29) is 11.6 Å². The van der Waals surface area contributed by atoms with Crippen LogP contribution in [0.2, 0.25) is 0 Å². The summed E-state index contributed by atoms with van der Waals surface area (Å²) in [6.07, 6.45) is 1.49. The summed E-state index contributed by atoms with van der Waals surface area (Å²) >= 11 is 2.22. The molecular formula is C24H20IN3O. The Labute approximate surface area is 184 Å². The van der Waals surface area contributed by atoms with Gasteiger partial charge in [-0.05, 0) is 64.4 Å². The van der Waals surface area contributed by atoms with Crippen molar-refractivity contribution in [3.8, 4) is 6.07 Å². The average molecular weight is 493 g/mol. The molecule has 0 atom stereocenters. The van der Waals surface area contributed by atoms with Gasteiger partial charge in [0.15, 0.2) is 0 Å². The summed E-state index contributed by atoms with van der Waals surface area (Å²) in [7, 11) is 0. The van der Waals surface area contributed by atoms with Gasteiger partial charge in [-0.2, -0.15) is 5.26 Å². The van der Waals surface area contributed by atoms with E-state index in [4.69, 9.17) is 0 Å². The Morgan fingerprint density at radius 2 is 1.59 bits per heavy atom. The quantitative estimate of drug-likeness (QED) is 0.278. The summed E-state index contributed by atoms with van der Waals surface area (Å²) in [6.45, 7) is 1.92. The van der Waals surface area contributed by atoms with Gasteiger partial charge in [0.1, 0.15) is 11.6 Å². The van der Waals surface area contributed by atoms with Crippen LogP contribution in [0.25, 0.3) is 0 Å². The van der Waals surface area contributed by atoms with E-state index >= 15 is 0 Å². The molecule has 2 N–H and O–H groups in total. The van der Waals surface area contributed by atoms with Crippen LogP contribution < -0.4 is 10.6 Å². The largest absolute Gasteiger partial charge is 0.379 e. The predicted octanol–water partition coefficient (Wildman–Crippen LogP) is 5.32. The number of amides is 1. The maximum absolute atomic E-state index is 12.6. The number of nitrogens with zero attached hydrogens (tertiary/aromatic N) is 1. The van der Waals surface area contributed by atoms with E-state index in [9.17, 15) is 10.1 Å². The molecule has 0 fully saturated rings. The van der Waals surface area contributed by atoms with E-state index in [2.05, 4.69) is 33.2 Å². The lowest BCUT2D eigenvalue weighted by molar-refractivity contribution is -0.112. The van der Waals surface area contributed by atoms with E-state index < -0.39 is 5.91 Å². The van der Waals surface area contributed by atoms with Crippen molar-refractivity contribution in [1.82, 2.24) is 5.32 Å². The van der Waals surface area contributed by atoms with Crippen LogP contribution in [0.3, 0.4) is 0 Å². The highest BCUT2D eigenvalue weighted by Crippen LogP contribution is 2.22. The molecule has 0 aliphatic heterocycles. The van der Waals surface area contributed by atoms with Gasteiger partial charge in [0.25, 0.3) is 5.91 Å². The molecule has 0 saturated heterocycles. The SMILES string of the molecule is Cc1cc(I)ccc1NC(=O)/C(C#N)=C\NC(c1ccccc1)c1ccccc1. The molecule has 0 bridgehead atoms. The molecule has 0 heterocycles. The van der Waals surface area contributed by atoms with Crippen LogP contribution in [-0.4, -0.2) is 5.91 Å². The zero-order chi connectivity index (χ0) is 20.6. The number of anilines is 1. The smallest absolute Gasteiger partial charge is 0.267 e. The second kappa shape index (κ2) is 9.89. The van der Waals surface area contributed by atoms with Gasteiger partial charge in [0, 0.05) is 15.5 Å². The predicted molar refractivity (Wildman–Crippen MR) is 124 cm³/mol. The van der Waals surface area contributed by atoms with E-state index in [0.717, 1.165) is 20.3 Å². The van der Waals surface area contributed by atoms with Crippen molar-refractivity contribution in [3.63, 3.8) is 0 Å². The number of rotatable bonds is 6. The van der Waals surface area contributed by atoms with Gasteiger partial charge in [-0.25, -0.2) is 0 Å². The minimum Gasteiger partial charge on any atom is -0.379 e. The minimum atomic E-state index is -0.441. The first-order valence-electron chi connectivity index (χ1n) is 9.12. The van der Waals surface area contributed by atoms with E-state index in [1.807, 2.05) is 91.9 Å². The fourth-order valence-electron chi connectivity index (χ4n) is 2.95. The van der Waals surface area contributed by atoms with Gasteiger partial charge in [-0.15, -0.1) is 0 Å². The van der Waals surface area contributed by atoms with Gasteiger partial charge in [-0.1, -0.05) is 60.7 Å². The molecule has 144 valence electrons. The molecule has 0 unspecified atom stereocenters. The topological polar surface area (TPSA) is 64.9 Å². The number of nitriles is 1. The number of carbonyl (C=O) groups is 1. The van der Waals surface area contributed by atoms with Crippen molar-refractivity contribution in [3.05, 3.63) is 111 Å². The molecule has 4 nitrogen and oxygen atoms in total. The molecule has 3 aromatic rings. The lowest BCUT2D eigenvalue weighted by atomic mass is 9.99. The number of benzene rings is 3. The Kier molecular flexibility index (Phi) is 7.04. The Morgan fingerprint density at radius 3 is 2.10 bits per heavy atom. The number of halogens is 1. The Hall–Kier alpha value is -3.11. The van der Waals surface area contributed by atoms with Gasteiger partial charge >= 0.3 is 0 Å². The van der Waals surface area contributed by atoms with Crippen LogP contribution in [0.5, 0.6) is 0 Å². The third-order valence-electron chi connectivity index (χ3n) is 4.46. The first kappa shape index (κ1) is 20.6. The molecule has 5 heteroatoms. The summed E-state index contributed by atoms with van der Waals surface area (Å²) < 4.78 is 1.09. The second-order valence-electron chi connectivity index (χ2n) is 6.50. The Morgan fingerprint density at radius 1 is 1.00 bits per heavy atom. The number of nitrogens with one attached hydrogen (secondary N) is 2. The van der Waals surface area contributed by atoms with E-state index in [0.29, 0.717) is 5.69 Å². The number of aryl methyl sites for hydroxylation is 1. The molecule has 0 aromatic heterocycles. The zero-order valence-corrected chi connectivity index (χ0v) is 18.1. The van der Waals surface area contributed by atoms with Crippen molar-refractivity contribution in [1.29, 1.82) is 5.26 Å². The van der Waals surface area contributed by atoms with Crippen molar-refractivity contribution in [2.45, 2.75) is 13.0 Å². The summed E-state index contributed by atoms with van der Waals surface area (Å²) in [5.41, 5.74) is 3.74. The molecule has 0 saturated carbocycles. The maximum Gasteiger partial charge on any atom is 0.267 e. The van der Waals surface area contributed by atoms with Crippen molar-refractivity contribution >= 4 is 34.2 Å². The van der Waals surface area contributed by atoms with Crippen molar-refractivity contribution < 1.29 is 4.79 Å². The van der Waals surface area contributed by atoms with Gasteiger partial charge < -0.3 is 10.6 Å². The minimum absolute atomic E-state index is 0.0137. The molecule has 0 radical (unpaired) electrons. The molecule has 1 amide bonds. The van der Waals surface area contributed by atoms with Gasteiger partial charge in [-0.3, -0.25) is 4.79 Å². The van der Waals surface area contributed by atoms with Crippen LogP contribution in [0, 0.1) is 21.8 Å². The maximum atomic E-state index is 12.6.